The van der Waals surface area contributed by atoms with Crippen LogP contribution >= 0.6 is 15.9 Å². The number of carbonyl (C=O) groups is 2. The topological polar surface area (TPSA) is 66.6 Å². The van der Waals surface area contributed by atoms with Gasteiger partial charge < -0.3 is 15.5 Å². The zero-order valence-electron chi connectivity index (χ0n) is 11.4. The minimum Gasteiger partial charge on any atom is -0.398 e. The first-order chi connectivity index (χ1) is 9.51. The highest BCUT2D eigenvalue weighted by Gasteiger charge is 2.29. The third kappa shape index (κ3) is 3.30. The maximum Gasteiger partial charge on any atom is 0.242 e. The molecule has 108 valence electrons. The van der Waals surface area contributed by atoms with E-state index in [-0.39, 0.29) is 24.9 Å². The van der Waals surface area contributed by atoms with Crippen molar-refractivity contribution in [1.29, 1.82) is 0 Å². The van der Waals surface area contributed by atoms with Crippen molar-refractivity contribution in [2.24, 2.45) is 0 Å². The number of benzene rings is 1. The molecule has 0 aromatic heterocycles. The van der Waals surface area contributed by atoms with Crippen LogP contribution in [0, 0.1) is 0 Å². The van der Waals surface area contributed by atoms with Gasteiger partial charge in [0.2, 0.25) is 11.8 Å². The smallest absolute Gasteiger partial charge is 0.242 e. The van der Waals surface area contributed by atoms with Crippen LogP contribution in [0.3, 0.4) is 0 Å². The molecule has 20 heavy (non-hydrogen) atoms. The predicted molar refractivity (Wildman–Crippen MR) is 80.8 cm³/mol. The summed E-state index contributed by atoms with van der Waals surface area (Å²) in [5.41, 5.74) is 7.38. The molecule has 0 saturated carbocycles. The van der Waals surface area contributed by atoms with E-state index in [9.17, 15) is 9.59 Å². The molecule has 1 aromatic carbocycles. The van der Waals surface area contributed by atoms with Gasteiger partial charge in [0.15, 0.2) is 0 Å². The van der Waals surface area contributed by atoms with Crippen molar-refractivity contribution in [3.05, 3.63) is 28.2 Å². The second-order valence-corrected chi connectivity index (χ2v) is 5.78. The van der Waals surface area contributed by atoms with E-state index in [1.807, 2.05) is 25.1 Å². The molecule has 1 fully saturated rings. The highest BCUT2D eigenvalue weighted by atomic mass is 79.9. The fraction of sp³-hybridized carbons (Fsp3) is 0.429. The van der Waals surface area contributed by atoms with Crippen LogP contribution in [0.4, 0.5) is 5.69 Å². The fourth-order valence-electron chi connectivity index (χ4n) is 2.23. The molecule has 0 bridgehead atoms. The lowest BCUT2D eigenvalue weighted by molar-refractivity contribution is -0.150. The van der Waals surface area contributed by atoms with Gasteiger partial charge in [0.05, 0.1) is 6.54 Å². The molecule has 0 spiro atoms. The number of rotatable bonds is 4. The Bertz CT molecular complexity index is 533. The van der Waals surface area contributed by atoms with E-state index in [1.165, 1.54) is 0 Å². The number of amides is 2. The molecule has 0 aliphatic carbocycles. The monoisotopic (exact) mass is 339 g/mol. The van der Waals surface area contributed by atoms with E-state index in [2.05, 4.69) is 15.9 Å². The first-order valence-electron chi connectivity index (χ1n) is 6.60. The zero-order chi connectivity index (χ0) is 14.7. The van der Waals surface area contributed by atoms with Crippen LogP contribution in [-0.2, 0) is 16.1 Å². The van der Waals surface area contributed by atoms with Gasteiger partial charge in [-0.1, -0.05) is 13.0 Å². The van der Waals surface area contributed by atoms with Crippen LogP contribution in [0.1, 0.15) is 18.9 Å². The van der Waals surface area contributed by atoms with Crippen LogP contribution in [0.25, 0.3) is 0 Å². The Kier molecular flexibility index (Phi) is 4.65. The third-order valence-electron chi connectivity index (χ3n) is 3.29. The summed E-state index contributed by atoms with van der Waals surface area (Å²) < 4.78 is 0.830. The molecule has 0 atom stereocenters. The maximum atomic E-state index is 12.1. The van der Waals surface area contributed by atoms with Crippen molar-refractivity contribution in [3.8, 4) is 0 Å². The van der Waals surface area contributed by atoms with Crippen molar-refractivity contribution < 1.29 is 9.59 Å². The zero-order valence-corrected chi connectivity index (χ0v) is 13.0. The lowest BCUT2D eigenvalue weighted by Gasteiger charge is -2.33. The molecule has 2 rings (SSSR count). The Labute approximate surface area is 126 Å². The predicted octanol–water partition coefficient (Wildman–Crippen LogP) is 1.61. The molecule has 5 nitrogen and oxygen atoms in total. The first kappa shape index (κ1) is 14.8. The summed E-state index contributed by atoms with van der Waals surface area (Å²) in [6.45, 7) is 3.38. The SMILES string of the molecule is CCCN1CC(=O)N(Cc2ccc(Br)c(N)c2)CC1=O. The van der Waals surface area contributed by atoms with Gasteiger partial charge in [-0.15, -0.1) is 0 Å². The van der Waals surface area contributed by atoms with Crippen molar-refractivity contribution in [2.75, 3.05) is 25.4 Å². The van der Waals surface area contributed by atoms with Crippen LogP contribution in [0.5, 0.6) is 0 Å². The number of piperazine rings is 1. The van der Waals surface area contributed by atoms with Gasteiger partial charge in [0.25, 0.3) is 0 Å². The molecule has 2 N–H and O–H groups in total. The van der Waals surface area contributed by atoms with Gasteiger partial charge in [0.1, 0.15) is 6.54 Å². The highest BCUT2D eigenvalue weighted by Crippen LogP contribution is 2.21. The van der Waals surface area contributed by atoms with E-state index < -0.39 is 0 Å². The van der Waals surface area contributed by atoms with Crippen molar-refractivity contribution in [2.45, 2.75) is 19.9 Å². The summed E-state index contributed by atoms with van der Waals surface area (Å²) >= 11 is 3.33. The molecule has 0 radical (unpaired) electrons. The van der Waals surface area contributed by atoms with E-state index in [0.29, 0.717) is 18.8 Å². The van der Waals surface area contributed by atoms with Gasteiger partial charge in [-0.25, -0.2) is 0 Å². The Hall–Kier alpha value is -1.56. The summed E-state index contributed by atoms with van der Waals surface area (Å²) in [6, 6.07) is 5.57. The second-order valence-electron chi connectivity index (χ2n) is 4.92. The molecular weight excluding hydrogens is 322 g/mol. The standard InChI is InChI=1S/C14H18BrN3O2/c1-2-5-17-8-14(20)18(9-13(17)19)7-10-3-4-11(15)12(16)6-10/h3-4,6H,2,5,7-9,16H2,1H3. The average molecular weight is 340 g/mol. The fourth-order valence-corrected chi connectivity index (χ4v) is 2.48. The second kappa shape index (κ2) is 6.26. The summed E-state index contributed by atoms with van der Waals surface area (Å²) in [5, 5.41) is 0. The number of hydrogen-bond acceptors (Lipinski definition) is 3. The van der Waals surface area contributed by atoms with Crippen molar-refractivity contribution in [1.82, 2.24) is 9.80 Å². The summed E-state index contributed by atoms with van der Waals surface area (Å²) in [7, 11) is 0. The summed E-state index contributed by atoms with van der Waals surface area (Å²) in [4.78, 5) is 27.2. The van der Waals surface area contributed by atoms with E-state index in [0.717, 1.165) is 16.5 Å². The number of halogens is 1. The number of nitrogens with zero attached hydrogens (tertiary/aromatic N) is 2. The average Bonchev–Trinajstić information content (AvgIpc) is 2.40. The van der Waals surface area contributed by atoms with Gasteiger partial charge in [0, 0.05) is 23.2 Å². The third-order valence-corrected chi connectivity index (χ3v) is 4.01. The Morgan fingerprint density at radius 2 is 1.85 bits per heavy atom. The molecule has 2 amide bonds. The van der Waals surface area contributed by atoms with Crippen LogP contribution < -0.4 is 5.73 Å². The van der Waals surface area contributed by atoms with Gasteiger partial charge >= 0.3 is 0 Å². The Morgan fingerprint density at radius 1 is 1.20 bits per heavy atom. The van der Waals surface area contributed by atoms with Gasteiger partial charge in [-0.05, 0) is 40.0 Å². The quantitative estimate of drug-likeness (QED) is 0.847. The molecular formula is C14H18BrN3O2. The summed E-state index contributed by atoms with van der Waals surface area (Å²) in [6.07, 6.45) is 0.863. The van der Waals surface area contributed by atoms with Crippen LogP contribution in [0.15, 0.2) is 22.7 Å². The Balaban J connectivity index is 2.05. The number of hydrogen-bond donors (Lipinski definition) is 1. The van der Waals surface area contributed by atoms with E-state index in [4.69, 9.17) is 5.73 Å². The largest absolute Gasteiger partial charge is 0.398 e. The Morgan fingerprint density at radius 3 is 2.50 bits per heavy atom. The number of anilines is 1. The molecule has 1 heterocycles. The van der Waals surface area contributed by atoms with Crippen molar-refractivity contribution in [3.63, 3.8) is 0 Å². The van der Waals surface area contributed by atoms with E-state index >= 15 is 0 Å². The van der Waals surface area contributed by atoms with Crippen LogP contribution in [0.2, 0.25) is 0 Å². The van der Waals surface area contributed by atoms with Gasteiger partial charge in [-0.3, -0.25) is 9.59 Å². The summed E-state index contributed by atoms with van der Waals surface area (Å²) in [5.74, 6) is -0.00364. The normalized spacial score (nSPS) is 15.9. The molecule has 6 heteroatoms. The van der Waals surface area contributed by atoms with Crippen molar-refractivity contribution >= 4 is 33.4 Å². The number of nitrogens with two attached hydrogens (primary N) is 1. The van der Waals surface area contributed by atoms with Gasteiger partial charge in [-0.2, -0.15) is 0 Å². The molecule has 1 saturated heterocycles. The minimum absolute atomic E-state index is 0.0107. The highest BCUT2D eigenvalue weighted by molar-refractivity contribution is 9.10. The van der Waals surface area contributed by atoms with Crippen LogP contribution in [-0.4, -0.2) is 41.2 Å². The minimum atomic E-state index is -0.0143. The lowest BCUT2D eigenvalue weighted by atomic mass is 10.1. The van der Waals surface area contributed by atoms with E-state index in [1.54, 1.807) is 9.80 Å². The maximum absolute atomic E-state index is 12.1. The molecule has 1 aliphatic heterocycles. The first-order valence-corrected chi connectivity index (χ1v) is 7.40. The lowest BCUT2D eigenvalue weighted by Crippen LogP contribution is -2.53. The molecule has 1 aliphatic rings. The number of nitrogen functional groups attached to an aromatic ring is 1. The number of carbonyl (C=O) groups excluding carboxylic acids is 2. The molecule has 0 unspecified atom stereocenters. The molecule has 1 aromatic rings.